The molecule has 0 saturated heterocycles. The van der Waals surface area contributed by atoms with Gasteiger partial charge in [0.15, 0.2) is 0 Å². The Kier molecular flexibility index (Phi) is 6.79. The molecule has 0 saturated carbocycles. The predicted octanol–water partition coefficient (Wildman–Crippen LogP) is 3.69. The van der Waals surface area contributed by atoms with E-state index in [4.69, 9.17) is 4.74 Å². The van der Waals surface area contributed by atoms with E-state index in [-0.39, 0.29) is 5.91 Å². The molecule has 1 amide bonds. The topological polar surface area (TPSA) is 76.1 Å². The standard InChI is InChI=1S/C23H26N4O2/c1-16-6-4-8-19(12-16)15-25-22(28)21-13-17(2)26-23(27-21)24-11-10-18-7-5-9-20(14-18)29-3/h4-9,12-14H,10-11,15H2,1-3H3,(H,25,28)(H,24,26,27). The van der Waals surface area contributed by atoms with E-state index < -0.39 is 0 Å². The van der Waals surface area contributed by atoms with Crippen molar-refractivity contribution in [3.05, 3.63) is 82.7 Å². The monoisotopic (exact) mass is 390 g/mol. The van der Waals surface area contributed by atoms with Crippen LogP contribution in [0.1, 0.15) is 32.9 Å². The van der Waals surface area contributed by atoms with Crippen LogP contribution in [-0.2, 0) is 13.0 Å². The largest absolute Gasteiger partial charge is 0.497 e. The second-order valence-electron chi connectivity index (χ2n) is 6.92. The van der Waals surface area contributed by atoms with Gasteiger partial charge in [-0.25, -0.2) is 9.97 Å². The number of carbonyl (C=O) groups is 1. The Morgan fingerprint density at radius 2 is 1.79 bits per heavy atom. The van der Waals surface area contributed by atoms with Crippen molar-refractivity contribution in [2.24, 2.45) is 0 Å². The number of nitrogens with one attached hydrogen (secondary N) is 2. The molecule has 1 heterocycles. The van der Waals surface area contributed by atoms with Crippen LogP contribution in [0.3, 0.4) is 0 Å². The molecule has 0 unspecified atom stereocenters. The molecule has 2 N–H and O–H groups in total. The molecule has 3 rings (SSSR count). The molecule has 150 valence electrons. The third-order valence-corrected chi connectivity index (χ3v) is 4.45. The average molecular weight is 390 g/mol. The highest BCUT2D eigenvalue weighted by Gasteiger charge is 2.10. The van der Waals surface area contributed by atoms with Gasteiger partial charge in [0, 0.05) is 18.8 Å². The van der Waals surface area contributed by atoms with Crippen molar-refractivity contribution in [2.45, 2.75) is 26.8 Å². The van der Waals surface area contributed by atoms with Crippen LogP contribution in [-0.4, -0.2) is 29.5 Å². The Labute approximate surface area is 171 Å². The number of aromatic nitrogens is 2. The normalized spacial score (nSPS) is 10.4. The van der Waals surface area contributed by atoms with E-state index in [2.05, 4.69) is 26.7 Å². The number of aryl methyl sites for hydroxylation is 2. The van der Waals surface area contributed by atoms with Gasteiger partial charge in [-0.2, -0.15) is 0 Å². The molecule has 0 aliphatic carbocycles. The molecule has 0 aliphatic heterocycles. The molecule has 1 aromatic heterocycles. The van der Waals surface area contributed by atoms with Crippen molar-refractivity contribution in [3.63, 3.8) is 0 Å². The number of carbonyl (C=O) groups excluding carboxylic acids is 1. The Balaban J connectivity index is 1.59. The first-order chi connectivity index (χ1) is 14.0. The molecular weight excluding hydrogens is 364 g/mol. The van der Waals surface area contributed by atoms with E-state index >= 15 is 0 Å². The van der Waals surface area contributed by atoms with Crippen LogP contribution in [0.2, 0.25) is 0 Å². The van der Waals surface area contributed by atoms with Gasteiger partial charge in [-0.05, 0) is 49.6 Å². The lowest BCUT2D eigenvalue weighted by atomic mass is 10.1. The summed E-state index contributed by atoms with van der Waals surface area (Å²) in [6.45, 7) is 5.00. The molecule has 2 aromatic carbocycles. The van der Waals surface area contributed by atoms with E-state index in [1.807, 2.05) is 56.3 Å². The fourth-order valence-corrected chi connectivity index (χ4v) is 3.01. The molecule has 29 heavy (non-hydrogen) atoms. The molecule has 3 aromatic rings. The van der Waals surface area contributed by atoms with Gasteiger partial charge in [0.2, 0.25) is 5.95 Å². The van der Waals surface area contributed by atoms with Gasteiger partial charge in [0.1, 0.15) is 11.4 Å². The predicted molar refractivity (Wildman–Crippen MR) is 114 cm³/mol. The Morgan fingerprint density at radius 3 is 2.59 bits per heavy atom. The molecular formula is C23H26N4O2. The van der Waals surface area contributed by atoms with Gasteiger partial charge in [0.05, 0.1) is 7.11 Å². The molecule has 6 heteroatoms. The first-order valence-electron chi connectivity index (χ1n) is 9.60. The third-order valence-electron chi connectivity index (χ3n) is 4.45. The summed E-state index contributed by atoms with van der Waals surface area (Å²) in [5.74, 6) is 1.07. The zero-order valence-electron chi connectivity index (χ0n) is 17.0. The Hall–Kier alpha value is -3.41. The second kappa shape index (κ2) is 9.68. The lowest BCUT2D eigenvalue weighted by molar-refractivity contribution is 0.0945. The lowest BCUT2D eigenvalue weighted by Crippen LogP contribution is -2.24. The summed E-state index contributed by atoms with van der Waals surface area (Å²) in [4.78, 5) is 21.3. The molecule has 6 nitrogen and oxygen atoms in total. The van der Waals surface area contributed by atoms with Crippen LogP contribution in [0.5, 0.6) is 5.75 Å². The van der Waals surface area contributed by atoms with Crippen molar-refractivity contribution < 1.29 is 9.53 Å². The first kappa shape index (κ1) is 20.3. The fraction of sp³-hybridized carbons (Fsp3) is 0.261. The van der Waals surface area contributed by atoms with Crippen molar-refractivity contribution in [2.75, 3.05) is 19.0 Å². The van der Waals surface area contributed by atoms with Crippen LogP contribution in [0, 0.1) is 13.8 Å². The first-order valence-corrected chi connectivity index (χ1v) is 9.60. The van der Waals surface area contributed by atoms with E-state index in [0.717, 1.165) is 34.6 Å². The summed E-state index contributed by atoms with van der Waals surface area (Å²) in [6.07, 6.45) is 0.795. The highest BCUT2D eigenvalue weighted by molar-refractivity contribution is 5.92. The van der Waals surface area contributed by atoms with Crippen LogP contribution >= 0.6 is 0 Å². The number of ether oxygens (including phenoxy) is 1. The van der Waals surface area contributed by atoms with Gasteiger partial charge >= 0.3 is 0 Å². The quantitative estimate of drug-likeness (QED) is 0.614. The maximum atomic E-state index is 12.5. The molecule has 0 fully saturated rings. The summed E-state index contributed by atoms with van der Waals surface area (Å²) < 4.78 is 5.25. The van der Waals surface area contributed by atoms with Crippen molar-refractivity contribution in [3.8, 4) is 5.75 Å². The van der Waals surface area contributed by atoms with Crippen molar-refractivity contribution >= 4 is 11.9 Å². The van der Waals surface area contributed by atoms with Gasteiger partial charge in [-0.15, -0.1) is 0 Å². The molecule has 0 bridgehead atoms. The number of nitrogens with zero attached hydrogens (tertiary/aromatic N) is 2. The maximum Gasteiger partial charge on any atom is 0.270 e. The maximum absolute atomic E-state index is 12.5. The third kappa shape index (κ3) is 6.04. The zero-order valence-corrected chi connectivity index (χ0v) is 17.0. The Bertz CT molecular complexity index is 988. The number of amides is 1. The van der Waals surface area contributed by atoms with Gasteiger partial charge < -0.3 is 15.4 Å². The molecule has 0 aliphatic rings. The molecule has 0 spiro atoms. The van der Waals surface area contributed by atoms with Gasteiger partial charge in [-0.1, -0.05) is 42.0 Å². The fourth-order valence-electron chi connectivity index (χ4n) is 3.01. The summed E-state index contributed by atoms with van der Waals surface area (Å²) >= 11 is 0. The SMILES string of the molecule is COc1cccc(CCNc2nc(C)cc(C(=O)NCc3cccc(C)c3)n2)c1. The number of rotatable bonds is 8. The smallest absolute Gasteiger partial charge is 0.270 e. The number of benzene rings is 2. The van der Waals surface area contributed by atoms with Crippen molar-refractivity contribution in [1.29, 1.82) is 0 Å². The summed E-state index contributed by atoms with van der Waals surface area (Å²) in [7, 11) is 1.66. The van der Waals surface area contributed by atoms with Crippen molar-refractivity contribution in [1.82, 2.24) is 15.3 Å². The second-order valence-corrected chi connectivity index (χ2v) is 6.92. The summed E-state index contributed by atoms with van der Waals surface area (Å²) in [6, 6.07) is 17.7. The number of hydrogen-bond acceptors (Lipinski definition) is 5. The average Bonchev–Trinajstić information content (AvgIpc) is 2.72. The van der Waals surface area contributed by atoms with E-state index in [9.17, 15) is 4.79 Å². The van der Waals surface area contributed by atoms with Crippen LogP contribution in [0.15, 0.2) is 54.6 Å². The van der Waals surface area contributed by atoms with Crippen LogP contribution in [0.25, 0.3) is 0 Å². The molecule has 0 atom stereocenters. The minimum Gasteiger partial charge on any atom is -0.497 e. The van der Waals surface area contributed by atoms with Crippen LogP contribution in [0.4, 0.5) is 5.95 Å². The number of hydrogen-bond donors (Lipinski definition) is 2. The molecule has 0 radical (unpaired) electrons. The Morgan fingerprint density at radius 1 is 1.00 bits per heavy atom. The zero-order chi connectivity index (χ0) is 20.6. The van der Waals surface area contributed by atoms with E-state index in [1.165, 1.54) is 0 Å². The van der Waals surface area contributed by atoms with Crippen LogP contribution < -0.4 is 15.4 Å². The number of methoxy groups -OCH3 is 1. The van der Waals surface area contributed by atoms with E-state index in [1.54, 1.807) is 13.2 Å². The van der Waals surface area contributed by atoms with E-state index in [0.29, 0.717) is 24.7 Å². The lowest BCUT2D eigenvalue weighted by Gasteiger charge is -2.10. The van der Waals surface area contributed by atoms with Gasteiger partial charge in [0.25, 0.3) is 5.91 Å². The van der Waals surface area contributed by atoms with Gasteiger partial charge in [-0.3, -0.25) is 4.79 Å². The summed E-state index contributed by atoms with van der Waals surface area (Å²) in [5.41, 5.74) is 4.47. The highest BCUT2D eigenvalue weighted by atomic mass is 16.5. The highest BCUT2D eigenvalue weighted by Crippen LogP contribution is 2.13. The summed E-state index contributed by atoms with van der Waals surface area (Å²) in [5, 5.41) is 6.13. The minimum atomic E-state index is -0.215. The minimum absolute atomic E-state index is 0.215. The number of anilines is 1.